The summed E-state index contributed by atoms with van der Waals surface area (Å²) in [6, 6.07) is 10.4. The molecule has 0 saturated carbocycles. The highest BCUT2D eigenvalue weighted by Gasteiger charge is 2.17. The summed E-state index contributed by atoms with van der Waals surface area (Å²) in [5.41, 5.74) is 1.33. The van der Waals surface area contributed by atoms with Gasteiger partial charge in [0.25, 0.3) is 0 Å². The van der Waals surface area contributed by atoms with Gasteiger partial charge in [0.05, 0.1) is 6.04 Å². The van der Waals surface area contributed by atoms with E-state index in [0.717, 1.165) is 18.5 Å². The highest BCUT2D eigenvalue weighted by atomic mass is 35.5. The minimum atomic E-state index is -0.365. The van der Waals surface area contributed by atoms with Crippen molar-refractivity contribution in [3.05, 3.63) is 70.2 Å². The van der Waals surface area contributed by atoms with Gasteiger partial charge in [-0.1, -0.05) is 36.7 Å². The second-order valence-electron chi connectivity index (χ2n) is 4.60. The SMILES string of the molecule is CCCNC(c1ccc(F)cc1)c1ccc(Cl)cc1F. The molecule has 0 aliphatic rings. The van der Waals surface area contributed by atoms with E-state index in [4.69, 9.17) is 11.6 Å². The summed E-state index contributed by atoms with van der Waals surface area (Å²) in [6.07, 6.45) is 0.924. The van der Waals surface area contributed by atoms with Gasteiger partial charge in [-0.05, 0) is 42.8 Å². The van der Waals surface area contributed by atoms with Gasteiger partial charge in [-0.2, -0.15) is 0 Å². The fourth-order valence-corrected chi connectivity index (χ4v) is 2.25. The maximum atomic E-state index is 14.1. The van der Waals surface area contributed by atoms with Crippen molar-refractivity contribution < 1.29 is 8.78 Å². The van der Waals surface area contributed by atoms with Crippen LogP contribution in [-0.2, 0) is 0 Å². The van der Waals surface area contributed by atoms with Crippen LogP contribution in [0.3, 0.4) is 0 Å². The second kappa shape index (κ2) is 6.82. The number of hydrogen-bond acceptors (Lipinski definition) is 1. The third kappa shape index (κ3) is 3.56. The first kappa shape index (κ1) is 14.9. The second-order valence-corrected chi connectivity index (χ2v) is 5.04. The zero-order valence-electron chi connectivity index (χ0n) is 11.2. The van der Waals surface area contributed by atoms with E-state index in [1.54, 1.807) is 24.3 Å². The summed E-state index contributed by atoms with van der Waals surface area (Å²) in [5.74, 6) is -0.671. The standard InChI is InChI=1S/C16H16ClF2N/c1-2-9-20-16(11-3-6-13(18)7-4-11)14-8-5-12(17)10-15(14)19/h3-8,10,16,20H,2,9H2,1H3. The molecule has 0 aliphatic heterocycles. The summed E-state index contributed by atoms with van der Waals surface area (Å²) in [6.45, 7) is 2.77. The molecule has 2 rings (SSSR count). The minimum Gasteiger partial charge on any atom is -0.306 e. The predicted octanol–water partition coefficient (Wildman–Crippen LogP) is 4.71. The first-order chi connectivity index (χ1) is 9.61. The van der Waals surface area contributed by atoms with Gasteiger partial charge in [-0.15, -0.1) is 0 Å². The average molecular weight is 296 g/mol. The first-order valence-corrected chi connectivity index (χ1v) is 6.93. The lowest BCUT2D eigenvalue weighted by molar-refractivity contribution is 0.545. The lowest BCUT2D eigenvalue weighted by Crippen LogP contribution is -2.24. The third-order valence-corrected chi connectivity index (χ3v) is 3.31. The van der Waals surface area contributed by atoms with Crippen LogP contribution in [0.15, 0.2) is 42.5 Å². The van der Waals surface area contributed by atoms with Crippen LogP contribution in [0.4, 0.5) is 8.78 Å². The van der Waals surface area contributed by atoms with Crippen molar-refractivity contribution in [3.8, 4) is 0 Å². The molecule has 0 saturated heterocycles. The maximum Gasteiger partial charge on any atom is 0.129 e. The van der Waals surface area contributed by atoms with E-state index in [2.05, 4.69) is 5.32 Å². The molecular weight excluding hydrogens is 280 g/mol. The monoisotopic (exact) mass is 295 g/mol. The quantitative estimate of drug-likeness (QED) is 0.842. The summed E-state index contributed by atoms with van der Waals surface area (Å²) in [4.78, 5) is 0. The molecule has 1 atom stereocenters. The molecule has 2 aromatic rings. The van der Waals surface area contributed by atoms with Crippen LogP contribution >= 0.6 is 11.6 Å². The van der Waals surface area contributed by atoms with Crippen LogP contribution in [-0.4, -0.2) is 6.54 Å². The van der Waals surface area contributed by atoms with Gasteiger partial charge in [0.1, 0.15) is 11.6 Å². The van der Waals surface area contributed by atoms with Crippen LogP contribution in [0.5, 0.6) is 0 Å². The number of hydrogen-bond donors (Lipinski definition) is 1. The molecule has 1 N–H and O–H groups in total. The molecule has 2 aromatic carbocycles. The Kier molecular flexibility index (Phi) is 5.10. The zero-order chi connectivity index (χ0) is 14.5. The smallest absolute Gasteiger partial charge is 0.129 e. The molecule has 106 valence electrons. The zero-order valence-corrected chi connectivity index (χ0v) is 11.9. The normalized spacial score (nSPS) is 12.4. The molecule has 0 heterocycles. The molecule has 0 spiro atoms. The maximum absolute atomic E-state index is 14.1. The van der Waals surface area contributed by atoms with Crippen molar-refractivity contribution in [1.29, 1.82) is 0 Å². The van der Waals surface area contributed by atoms with Crippen LogP contribution in [0.25, 0.3) is 0 Å². The van der Waals surface area contributed by atoms with Crippen molar-refractivity contribution in [2.45, 2.75) is 19.4 Å². The van der Waals surface area contributed by atoms with Crippen LogP contribution in [0.2, 0.25) is 5.02 Å². The largest absolute Gasteiger partial charge is 0.306 e. The lowest BCUT2D eigenvalue weighted by Gasteiger charge is -2.20. The molecule has 0 radical (unpaired) electrons. The number of rotatable bonds is 5. The lowest BCUT2D eigenvalue weighted by atomic mass is 9.98. The molecule has 20 heavy (non-hydrogen) atoms. The van der Waals surface area contributed by atoms with Crippen molar-refractivity contribution in [1.82, 2.24) is 5.32 Å². The van der Waals surface area contributed by atoms with Gasteiger partial charge >= 0.3 is 0 Å². The summed E-state index contributed by atoms with van der Waals surface area (Å²) in [5, 5.41) is 3.64. The van der Waals surface area contributed by atoms with Crippen molar-refractivity contribution in [2.24, 2.45) is 0 Å². The van der Waals surface area contributed by atoms with Crippen LogP contribution in [0, 0.1) is 11.6 Å². The van der Waals surface area contributed by atoms with Gasteiger partial charge in [0, 0.05) is 10.6 Å². The van der Waals surface area contributed by atoms with E-state index >= 15 is 0 Å². The van der Waals surface area contributed by atoms with E-state index in [-0.39, 0.29) is 17.7 Å². The fraction of sp³-hybridized carbons (Fsp3) is 0.250. The van der Waals surface area contributed by atoms with Gasteiger partial charge in [0.2, 0.25) is 0 Å². The Morgan fingerprint density at radius 3 is 2.40 bits per heavy atom. The summed E-state index contributed by atoms with van der Waals surface area (Å²) >= 11 is 5.78. The van der Waals surface area contributed by atoms with E-state index < -0.39 is 0 Å². The molecule has 0 aliphatic carbocycles. The Balaban J connectivity index is 2.38. The number of halogens is 3. The Bertz CT molecular complexity index is 569. The topological polar surface area (TPSA) is 12.0 Å². The van der Waals surface area contributed by atoms with Crippen molar-refractivity contribution in [2.75, 3.05) is 6.54 Å². The Morgan fingerprint density at radius 1 is 1.10 bits per heavy atom. The third-order valence-electron chi connectivity index (χ3n) is 3.08. The van der Waals surface area contributed by atoms with Gasteiger partial charge < -0.3 is 5.32 Å². The summed E-state index contributed by atoms with van der Waals surface area (Å²) in [7, 11) is 0. The molecule has 0 bridgehead atoms. The molecule has 0 amide bonds. The molecule has 1 nitrogen and oxygen atoms in total. The van der Waals surface area contributed by atoms with Gasteiger partial charge in [0.15, 0.2) is 0 Å². The highest BCUT2D eigenvalue weighted by Crippen LogP contribution is 2.26. The average Bonchev–Trinajstić information content (AvgIpc) is 2.42. The van der Waals surface area contributed by atoms with E-state index in [1.807, 2.05) is 6.92 Å². The minimum absolute atomic E-state index is 0.306. The van der Waals surface area contributed by atoms with E-state index in [1.165, 1.54) is 18.2 Å². The highest BCUT2D eigenvalue weighted by molar-refractivity contribution is 6.30. The fourth-order valence-electron chi connectivity index (χ4n) is 2.09. The molecule has 1 unspecified atom stereocenters. The van der Waals surface area contributed by atoms with Gasteiger partial charge in [-0.25, -0.2) is 8.78 Å². The van der Waals surface area contributed by atoms with Gasteiger partial charge in [-0.3, -0.25) is 0 Å². The van der Waals surface area contributed by atoms with Crippen molar-refractivity contribution in [3.63, 3.8) is 0 Å². The first-order valence-electron chi connectivity index (χ1n) is 6.55. The molecule has 4 heteroatoms. The van der Waals surface area contributed by atoms with E-state index in [9.17, 15) is 8.78 Å². The Morgan fingerprint density at radius 2 is 1.80 bits per heavy atom. The molecule has 0 aromatic heterocycles. The predicted molar refractivity (Wildman–Crippen MR) is 77.9 cm³/mol. The number of nitrogens with one attached hydrogen (secondary N) is 1. The van der Waals surface area contributed by atoms with Crippen molar-refractivity contribution >= 4 is 11.6 Å². The summed E-state index contributed by atoms with van der Waals surface area (Å²) < 4.78 is 27.1. The Labute approximate surface area is 122 Å². The van der Waals surface area contributed by atoms with Crippen LogP contribution in [0.1, 0.15) is 30.5 Å². The molecule has 0 fully saturated rings. The molecular formula is C16H16ClF2N. The number of benzene rings is 2. The van der Waals surface area contributed by atoms with Crippen LogP contribution < -0.4 is 5.32 Å². The Hall–Kier alpha value is -1.45. The van der Waals surface area contributed by atoms with E-state index in [0.29, 0.717) is 10.6 Å².